The lowest BCUT2D eigenvalue weighted by molar-refractivity contribution is 0.231. The van der Waals surface area contributed by atoms with Crippen molar-refractivity contribution < 1.29 is 13.9 Å². The summed E-state index contributed by atoms with van der Waals surface area (Å²) in [5, 5.41) is 15.1. The van der Waals surface area contributed by atoms with E-state index >= 15 is 0 Å². The van der Waals surface area contributed by atoms with Gasteiger partial charge in [0.05, 0.1) is 6.04 Å². The normalized spacial score (nSPS) is 14.3. The van der Waals surface area contributed by atoms with Crippen LogP contribution in [0.25, 0.3) is 0 Å². The van der Waals surface area contributed by atoms with Gasteiger partial charge >= 0.3 is 6.03 Å². The van der Waals surface area contributed by atoms with Crippen LogP contribution in [0.15, 0.2) is 54.6 Å². The summed E-state index contributed by atoms with van der Waals surface area (Å²) in [6, 6.07) is 14.7. The van der Waals surface area contributed by atoms with Crippen LogP contribution in [0.2, 0.25) is 0 Å². The largest absolute Gasteiger partial charge is 0.488 e. The molecule has 0 spiro atoms. The van der Waals surface area contributed by atoms with Crippen molar-refractivity contribution in [1.82, 2.24) is 15.5 Å². The highest BCUT2D eigenvalue weighted by Gasteiger charge is 2.28. The molecule has 1 aliphatic carbocycles. The molecule has 1 saturated carbocycles. The third kappa shape index (κ3) is 4.64. The first-order valence-electron chi connectivity index (χ1n) is 9.02. The number of anilines is 1. The van der Waals surface area contributed by atoms with Gasteiger partial charge in [-0.25, -0.2) is 9.18 Å². The Morgan fingerprint density at radius 1 is 1.14 bits per heavy atom. The number of hydrogen-bond donors (Lipinski definition) is 2. The van der Waals surface area contributed by atoms with E-state index in [-0.39, 0.29) is 12.4 Å². The van der Waals surface area contributed by atoms with Gasteiger partial charge in [0.1, 0.15) is 11.6 Å². The molecule has 2 N–H and O–H groups in total. The van der Waals surface area contributed by atoms with Gasteiger partial charge in [-0.3, -0.25) is 5.32 Å². The minimum atomic E-state index is -0.461. The number of ether oxygens (including phenoxy) is 1. The number of aromatic nitrogens is 2. The monoisotopic (exact) mass is 398 g/mol. The van der Waals surface area contributed by atoms with Crippen molar-refractivity contribution in [1.29, 1.82) is 0 Å². The van der Waals surface area contributed by atoms with E-state index in [1.165, 1.54) is 17.4 Å². The Kier molecular flexibility index (Phi) is 5.48. The van der Waals surface area contributed by atoms with Crippen LogP contribution in [0, 0.1) is 5.82 Å². The third-order valence-corrected chi connectivity index (χ3v) is 5.34. The van der Waals surface area contributed by atoms with Gasteiger partial charge in [0, 0.05) is 5.92 Å². The lowest BCUT2D eigenvalue weighted by atomic mass is 10.1. The summed E-state index contributed by atoms with van der Waals surface area (Å²) >= 11 is 1.39. The Morgan fingerprint density at radius 2 is 1.89 bits per heavy atom. The van der Waals surface area contributed by atoms with Crippen LogP contribution >= 0.6 is 11.3 Å². The molecule has 0 unspecified atom stereocenters. The molecule has 1 fully saturated rings. The van der Waals surface area contributed by atoms with Gasteiger partial charge in [-0.05, 0) is 30.5 Å². The quantitative estimate of drug-likeness (QED) is 0.615. The number of benzene rings is 2. The molecule has 3 aromatic rings. The van der Waals surface area contributed by atoms with Gasteiger partial charge in [0.15, 0.2) is 11.6 Å². The number of para-hydroxylation sites is 1. The first-order chi connectivity index (χ1) is 13.7. The standard InChI is InChI=1S/C20H19FN4O2S/c21-15-8-4-5-9-17(15)27-12-16(13-6-2-1-3-7-13)22-19(26)23-20-25-24-18(28-20)14-10-11-14/h1-9,14,16H,10-12H2,(H2,22,23,25,26)/t16-/m0/s1. The third-order valence-electron chi connectivity index (χ3n) is 4.34. The molecule has 2 aromatic carbocycles. The summed E-state index contributed by atoms with van der Waals surface area (Å²) in [5.74, 6) is 0.186. The van der Waals surface area contributed by atoms with Gasteiger partial charge in [0.2, 0.25) is 5.13 Å². The number of amides is 2. The van der Waals surface area contributed by atoms with Crippen molar-refractivity contribution in [2.75, 3.05) is 11.9 Å². The van der Waals surface area contributed by atoms with Gasteiger partial charge in [-0.15, -0.1) is 10.2 Å². The zero-order valence-corrected chi connectivity index (χ0v) is 15.8. The number of hydrogen-bond acceptors (Lipinski definition) is 5. The maximum atomic E-state index is 13.8. The molecule has 4 rings (SSSR count). The Bertz CT molecular complexity index is 946. The van der Waals surface area contributed by atoms with Crippen LogP contribution in [0.3, 0.4) is 0 Å². The van der Waals surface area contributed by atoms with E-state index in [0.717, 1.165) is 23.4 Å². The predicted octanol–water partition coefficient (Wildman–Crippen LogP) is 4.50. The topological polar surface area (TPSA) is 76.1 Å². The van der Waals surface area contributed by atoms with Crippen molar-refractivity contribution in [2.24, 2.45) is 0 Å². The first-order valence-corrected chi connectivity index (χ1v) is 9.84. The van der Waals surface area contributed by atoms with Crippen LogP contribution in [0.4, 0.5) is 14.3 Å². The summed E-state index contributed by atoms with van der Waals surface area (Å²) in [6.07, 6.45) is 2.26. The van der Waals surface area contributed by atoms with Gasteiger partial charge in [-0.2, -0.15) is 0 Å². The molecular formula is C20H19FN4O2S. The summed E-state index contributed by atoms with van der Waals surface area (Å²) in [7, 11) is 0. The van der Waals surface area contributed by atoms with Crippen LogP contribution in [0.5, 0.6) is 5.75 Å². The number of urea groups is 1. The van der Waals surface area contributed by atoms with Crippen molar-refractivity contribution in [2.45, 2.75) is 24.8 Å². The first kappa shape index (κ1) is 18.4. The van der Waals surface area contributed by atoms with E-state index in [1.54, 1.807) is 18.2 Å². The number of nitrogens with zero attached hydrogens (tertiary/aromatic N) is 2. The zero-order valence-electron chi connectivity index (χ0n) is 15.0. The second-order valence-corrected chi connectivity index (χ2v) is 7.53. The number of rotatable bonds is 7. The maximum absolute atomic E-state index is 13.8. The second-order valence-electron chi connectivity index (χ2n) is 6.52. The molecule has 0 saturated heterocycles. The average Bonchev–Trinajstić information content (AvgIpc) is 3.46. The minimum Gasteiger partial charge on any atom is -0.488 e. The van der Waals surface area contributed by atoms with Crippen molar-refractivity contribution in [3.63, 3.8) is 0 Å². The fourth-order valence-corrected chi connectivity index (χ4v) is 3.62. The van der Waals surface area contributed by atoms with Gasteiger partial charge in [0.25, 0.3) is 0 Å². The lowest BCUT2D eigenvalue weighted by Gasteiger charge is -2.20. The second kappa shape index (κ2) is 8.35. The highest BCUT2D eigenvalue weighted by molar-refractivity contribution is 7.15. The molecule has 2 amide bonds. The number of carbonyl (C=O) groups excluding carboxylic acids is 1. The molecule has 0 aliphatic heterocycles. The lowest BCUT2D eigenvalue weighted by Crippen LogP contribution is -2.35. The van der Waals surface area contributed by atoms with E-state index in [9.17, 15) is 9.18 Å². The summed E-state index contributed by atoms with van der Waals surface area (Å²) in [6.45, 7) is 0.0851. The van der Waals surface area contributed by atoms with Gasteiger partial charge in [-0.1, -0.05) is 53.8 Å². The molecule has 1 atom stereocenters. The zero-order chi connectivity index (χ0) is 19.3. The van der Waals surface area contributed by atoms with E-state index in [0.29, 0.717) is 11.0 Å². The molecule has 0 radical (unpaired) electrons. The molecule has 1 aromatic heterocycles. The van der Waals surface area contributed by atoms with E-state index in [2.05, 4.69) is 20.8 Å². The Morgan fingerprint density at radius 3 is 2.64 bits per heavy atom. The van der Waals surface area contributed by atoms with Crippen LogP contribution in [0.1, 0.15) is 35.4 Å². The molecular weight excluding hydrogens is 379 g/mol. The molecule has 8 heteroatoms. The molecule has 28 heavy (non-hydrogen) atoms. The fourth-order valence-electron chi connectivity index (χ4n) is 2.71. The van der Waals surface area contributed by atoms with E-state index in [4.69, 9.17) is 4.74 Å². The minimum absolute atomic E-state index is 0.0851. The number of nitrogens with one attached hydrogen (secondary N) is 2. The molecule has 1 heterocycles. The summed E-state index contributed by atoms with van der Waals surface area (Å²) in [5.41, 5.74) is 0.852. The van der Waals surface area contributed by atoms with Crippen molar-refractivity contribution in [3.8, 4) is 5.75 Å². The van der Waals surface area contributed by atoms with Crippen molar-refractivity contribution >= 4 is 22.5 Å². The Labute approximate surface area is 165 Å². The highest BCUT2D eigenvalue weighted by atomic mass is 32.1. The predicted molar refractivity (Wildman–Crippen MR) is 105 cm³/mol. The van der Waals surface area contributed by atoms with Crippen LogP contribution in [-0.4, -0.2) is 22.8 Å². The molecule has 1 aliphatic rings. The van der Waals surface area contributed by atoms with E-state index < -0.39 is 17.9 Å². The molecule has 6 nitrogen and oxygen atoms in total. The van der Waals surface area contributed by atoms with Crippen LogP contribution in [-0.2, 0) is 0 Å². The molecule has 144 valence electrons. The summed E-state index contributed by atoms with van der Waals surface area (Å²) in [4.78, 5) is 12.5. The highest BCUT2D eigenvalue weighted by Crippen LogP contribution is 2.42. The number of carbonyl (C=O) groups is 1. The molecule has 0 bridgehead atoms. The van der Waals surface area contributed by atoms with Gasteiger partial charge < -0.3 is 10.1 Å². The Balaban J connectivity index is 1.42. The smallest absolute Gasteiger partial charge is 0.321 e. The number of halogens is 1. The van der Waals surface area contributed by atoms with E-state index in [1.807, 2.05) is 30.3 Å². The van der Waals surface area contributed by atoms with Crippen LogP contribution < -0.4 is 15.4 Å². The fraction of sp³-hybridized carbons (Fsp3) is 0.250. The maximum Gasteiger partial charge on any atom is 0.321 e. The van der Waals surface area contributed by atoms with Crippen molar-refractivity contribution in [3.05, 3.63) is 71.0 Å². The SMILES string of the molecule is O=C(Nc1nnc(C2CC2)s1)N[C@@H](COc1ccccc1F)c1ccccc1. The summed E-state index contributed by atoms with van der Waals surface area (Å²) < 4.78 is 19.4. The average molecular weight is 398 g/mol. The Hall–Kier alpha value is -3.00.